The van der Waals surface area contributed by atoms with Gasteiger partial charge in [0.05, 0.1) is 6.10 Å². The molecule has 2 aliphatic rings. The standard InChI is InChI=1S/C11H20O/c1-7-3-4-9-6-10(7)11(12)5-8(9)2/h7-12H,3-6H2,1-2H3/t7?,8?,9-,10-,11-/m0/s1. The number of rotatable bonds is 0. The summed E-state index contributed by atoms with van der Waals surface area (Å²) in [5.41, 5.74) is 0. The van der Waals surface area contributed by atoms with Crippen LogP contribution in [-0.4, -0.2) is 11.2 Å². The van der Waals surface area contributed by atoms with Crippen molar-refractivity contribution in [2.24, 2.45) is 23.7 Å². The summed E-state index contributed by atoms with van der Waals surface area (Å²) in [6.45, 7) is 4.61. The smallest absolute Gasteiger partial charge is 0.0573 e. The van der Waals surface area contributed by atoms with E-state index in [0.29, 0.717) is 5.92 Å². The van der Waals surface area contributed by atoms with Crippen LogP contribution in [0.15, 0.2) is 0 Å². The molecular weight excluding hydrogens is 148 g/mol. The van der Waals surface area contributed by atoms with Gasteiger partial charge in [0.2, 0.25) is 0 Å². The van der Waals surface area contributed by atoms with Gasteiger partial charge in [-0.25, -0.2) is 0 Å². The number of hydrogen-bond acceptors (Lipinski definition) is 1. The van der Waals surface area contributed by atoms with Gasteiger partial charge >= 0.3 is 0 Å². The predicted octanol–water partition coefficient (Wildman–Crippen LogP) is 2.44. The van der Waals surface area contributed by atoms with Gasteiger partial charge in [0.25, 0.3) is 0 Å². The van der Waals surface area contributed by atoms with E-state index in [1.54, 1.807) is 0 Å². The molecule has 2 rings (SSSR count). The van der Waals surface area contributed by atoms with E-state index in [1.807, 2.05) is 0 Å². The lowest BCUT2D eigenvalue weighted by atomic mass is 9.62. The van der Waals surface area contributed by atoms with E-state index in [9.17, 15) is 5.11 Å². The second kappa shape index (κ2) is 3.02. The van der Waals surface area contributed by atoms with Crippen LogP contribution in [0, 0.1) is 23.7 Å². The van der Waals surface area contributed by atoms with Gasteiger partial charge in [0.1, 0.15) is 0 Å². The summed E-state index contributed by atoms with van der Waals surface area (Å²) in [5.74, 6) is 3.09. The molecule has 5 atom stereocenters. The van der Waals surface area contributed by atoms with Crippen LogP contribution in [0.4, 0.5) is 0 Å². The molecule has 0 spiro atoms. The SMILES string of the molecule is CC1C[C@H](O)[C@H]2C[C@@H]1CCC2C. The maximum atomic E-state index is 9.86. The van der Waals surface area contributed by atoms with E-state index in [1.165, 1.54) is 19.3 Å². The molecular formula is C11H20O. The Bertz CT molecular complexity index is 166. The second-order valence-electron chi connectivity index (χ2n) is 4.99. The zero-order chi connectivity index (χ0) is 8.72. The van der Waals surface area contributed by atoms with Crippen molar-refractivity contribution >= 4 is 0 Å². The lowest BCUT2D eigenvalue weighted by Gasteiger charge is -2.45. The Labute approximate surface area is 75.2 Å². The van der Waals surface area contributed by atoms with Crippen molar-refractivity contribution in [2.45, 2.75) is 45.6 Å². The fourth-order valence-corrected chi connectivity index (χ4v) is 3.19. The molecule has 70 valence electrons. The summed E-state index contributed by atoms with van der Waals surface area (Å²) in [6.07, 6.45) is 5.11. The first-order chi connectivity index (χ1) is 5.68. The first kappa shape index (κ1) is 8.55. The third-order valence-corrected chi connectivity index (χ3v) is 4.21. The van der Waals surface area contributed by atoms with Crippen LogP contribution in [0.1, 0.15) is 39.5 Å². The first-order valence-electron chi connectivity index (χ1n) is 5.36. The highest BCUT2D eigenvalue weighted by molar-refractivity contribution is 4.90. The van der Waals surface area contributed by atoms with Crippen molar-refractivity contribution in [3.8, 4) is 0 Å². The molecule has 0 aromatic heterocycles. The van der Waals surface area contributed by atoms with Crippen molar-refractivity contribution in [3.63, 3.8) is 0 Å². The van der Waals surface area contributed by atoms with E-state index in [4.69, 9.17) is 0 Å². The molecule has 0 aromatic rings. The lowest BCUT2D eigenvalue weighted by molar-refractivity contribution is -0.0326. The van der Waals surface area contributed by atoms with E-state index < -0.39 is 0 Å². The van der Waals surface area contributed by atoms with Gasteiger partial charge in [-0.05, 0) is 42.9 Å². The molecule has 1 heteroatoms. The van der Waals surface area contributed by atoms with E-state index in [0.717, 1.165) is 24.2 Å². The summed E-state index contributed by atoms with van der Waals surface area (Å²) in [4.78, 5) is 0. The minimum atomic E-state index is 0.00606. The van der Waals surface area contributed by atoms with E-state index >= 15 is 0 Å². The van der Waals surface area contributed by atoms with Crippen LogP contribution in [0.5, 0.6) is 0 Å². The Kier molecular flexibility index (Phi) is 2.16. The lowest BCUT2D eigenvalue weighted by Crippen LogP contribution is -2.41. The largest absolute Gasteiger partial charge is 0.393 e. The minimum absolute atomic E-state index is 0.00606. The quantitative estimate of drug-likeness (QED) is 0.589. The third-order valence-electron chi connectivity index (χ3n) is 4.21. The highest BCUT2D eigenvalue weighted by Crippen LogP contribution is 2.45. The van der Waals surface area contributed by atoms with Gasteiger partial charge < -0.3 is 5.11 Å². The molecule has 0 amide bonds. The summed E-state index contributed by atoms with van der Waals surface area (Å²) in [6, 6.07) is 0. The predicted molar refractivity (Wildman–Crippen MR) is 49.8 cm³/mol. The molecule has 12 heavy (non-hydrogen) atoms. The van der Waals surface area contributed by atoms with Crippen molar-refractivity contribution in [1.29, 1.82) is 0 Å². The van der Waals surface area contributed by atoms with Crippen LogP contribution in [0.25, 0.3) is 0 Å². The number of aliphatic hydroxyl groups excluding tert-OH is 1. The molecule has 0 aliphatic heterocycles. The van der Waals surface area contributed by atoms with Crippen LogP contribution < -0.4 is 0 Å². The molecule has 2 fully saturated rings. The number of hydrogen-bond donors (Lipinski definition) is 1. The maximum absolute atomic E-state index is 9.86. The van der Waals surface area contributed by atoms with Crippen LogP contribution >= 0.6 is 0 Å². The molecule has 0 saturated heterocycles. The third kappa shape index (κ3) is 1.28. The molecule has 1 N–H and O–H groups in total. The van der Waals surface area contributed by atoms with Gasteiger partial charge in [-0.1, -0.05) is 20.3 Å². The Morgan fingerprint density at radius 2 is 1.75 bits per heavy atom. The van der Waals surface area contributed by atoms with Crippen LogP contribution in [0.2, 0.25) is 0 Å². The van der Waals surface area contributed by atoms with Gasteiger partial charge in [-0.3, -0.25) is 0 Å². The normalized spacial score (nSPS) is 53.8. The molecule has 2 saturated carbocycles. The van der Waals surface area contributed by atoms with Crippen LogP contribution in [-0.2, 0) is 0 Å². The monoisotopic (exact) mass is 168 g/mol. The van der Waals surface area contributed by atoms with Gasteiger partial charge in [-0.15, -0.1) is 0 Å². The average molecular weight is 168 g/mol. The van der Waals surface area contributed by atoms with Crippen molar-refractivity contribution in [2.75, 3.05) is 0 Å². The Morgan fingerprint density at radius 1 is 1.00 bits per heavy atom. The summed E-state index contributed by atoms with van der Waals surface area (Å²) in [7, 11) is 0. The molecule has 2 unspecified atom stereocenters. The molecule has 0 radical (unpaired) electrons. The number of aliphatic hydroxyl groups is 1. The van der Waals surface area contributed by atoms with Gasteiger partial charge in [0.15, 0.2) is 0 Å². The van der Waals surface area contributed by atoms with E-state index in [2.05, 4.69) is 13.8 Å². The highest BCUT2D eigenvalue weighted by Gasteiger charge is 2.39. The Balaban J connectivity index is 2.09. The summed E-state index contributed by atoms with van der Waals surface area (Å²) >= 11 is 0. The average Bonchev–Trinajstić information content (AvgIpc) is 2.03. The van der Waals surface area contributed by atoms with Crippen molar-refractivity contribution < 1.29 is 5.11 Å². The Hall–Kier alpha value is -0.0400. The highest BCUT2D eigenvalue weighted by atomic mass is 16.3. The van der Waals surface area contributed by atoms with Gasteiger partial charge in [-0.2, -0.15) is 0 Å². The van der Waals surface area contributed by atoms with Crippen molar-refractivity contribution in [3.05, 3.63) is 0 Å². The molecule has 0 aromatic carbocycles. The zero-order valence-electron chi connectivity index (χ0n) is 8.16. The molecule has 2 bridgehead atoms. The fourth-order valence-electron chi connectivity index (χ4n) is 3.19. The Morgan fingerprint density at radius 3 is 2.50 bits per heavy atom. The van der Waals surface area contributed by atoms with E-state index in [-0.39, 0.29) is 6.10 Å². The number of fused-ring (bicyclic) bond motifs is 2. The fraction of sp³-hybridized carbons (Fsp3) is 1.00. The summed E-state index contributed by atoms with van der Waals surface area (Å²) < 4.78 is 0. The molecule has 0 heterocycles. The minimum Gasteiger partial charge on any atom is -0.393 e. The maximum Gasteiger partial charge on any atom is 0.0573 e. The van der Waals surface area contributed by atoms with Crippen LogP contribution in [0.3, 0.4) is 0 Å². The molecule has 2 aliphatic carbocycles. The van der Waals surface area contributed by atoms with Gasteiger partial charge in [0, 0.05) is 0 Å². The second-order valence-corrected chi connectivity index (χ2v) is 4.99. The summed E-state index contributed by atoms with van der Waals surface area (Å²) in [5, 5.41) is 9.86. The van der Waals surface area contributed by atoms with Crippen molar-refractivity contribution in [1.82, 2.24) is 0 Å². The first-order valence-corrected chi connectivity index (χ1v) is 5.36. The zero-order valence-corrected chi connectivity index (χ0v) is 8.16. The molecule has 1 nitrogen and oxygen atoms in total. The topological polar surface area (TPSA) is 20.2 Å².